The molecule has 4 rings (SSSR count). The molecular weight excluding hydrogens is 340 g/mol. The number of carbonyl (C=O) groups excluding carboxylic acids is 2. The van der Waals surface area contributed by atoms with E-state index in [1.165, 1.54) is 0 Å². The molecule has 0 aromatic heterocycles. The Hall–Kier alpha value is -2.24. The summed E-state index contributed by atoms with van der Waals surface area (Å²) in [6.07, 6.45) is 16.4. The summed E-state index contributed by atoms with van der Waals surface area (Å²) in [5.74, 6) is 2.29. The number of nitrogens with zero attached hydrogens (tertiary/aromatic N) is 2. The summed E-state index contributed by atoms with van der Waals surface area (Å²) in [5, 5.41) is 8.52. The molecule has 2 saturated carbocycles. The molecule has 0 radical (unpaired) electrons. The highest BCUT2D eigenvalue weighted by Gasteiger charge is 2.38. The second-order valence-corrected chi connectivity index (χ2v) is 8.14. The molecule has 2 fully saturated rings. The first-order valence-electron chi connectivity index (χ1n) is 10.2. The van der Waals surface area contributed by atoms with Crippen molar-refractivity contribution in [2.24, 2.45) is 33.9 Å². The Kier molecular flexibility index (Phi) is 5.50. The van der Waals surface area contributed by atoms with E-state index in [1.807, 2.05) is 0 Å². The van der Waals surface area contributed by atoms with Gasteiger partial charge in [-0.1, -0.05) is 30.7 Å². The number of unbranched alkanes of at least 4 members (excludes halogenated alkanes) is 2. The first-order chi connectivity index (χ1) is 13.2. The van der Waals surface area contributed by atoms with Crippen LogP contribution in [0.25, 0.3) is 0 Å². The molecule has 6 nitrogen and oxygen atoms in total. The third kappa shape index (κ3) is 4.20. The van der Waals surface area contributed by atoms with Crippen LogP contribution >= 0.6 is 0 Å². The molecule has 0 aromatic rings. The molecule has 0 heterocycles. The van der Waals surface area contributed by atoms with Crippen molar-refractivity contribution in [3.63, 3.8) is 0 Å². The van der Waals surface area contributed by atoms with Crippen LogP contribution in [0.4, 0.5) is 0 Å². The van der Waals surface area contributed by atoms with Crippen molar-refractivity contribution in [1.29, 1.82) is 0 Å². The van der Waals surface area contributed by atoms with Crippen molar-refractivity contribution in [1.82, 2.24) is 10.9 Å². The predicted octanol–water partition coefficient (Wildman–Crippen LogP) is 3.07. The number of amides is 2. The standard InChI is InChI=1S/C21H28N4O2/c26-20(24-22-18-12-14-6-4-8-16(14)18)10-2-1-3-11-21(27)25-23-19-13-15-7-5-9-17(15)19/h4-5,8-9,14-17H,1-3,6-7,10-13H2,(H,24,26)(H,25,27)/b22-18-,23-19-/t14-,15+,16-,17-/m0/s1. The van der Waals surface area contributed by atoms with Crippen LogP contribution in [0.5, 0.6) is 0 Å². The predicted molar refractivity (Wildman–Crippen MR) is 105 cm³/mol. The van der Waals surface area contributed by atoms with Crippen LogP contribution in [-0.4, -0.2) is 23.2 Å². The largest absolute Gasteiger partial charge is 0.273 e. The van der Waals surface area contributed by atoms with Gasteiger partial charge in [-0.3, -0.25) is 9.59 Å². The van der Waals surface area contributed by atoms with E-state index >= 15 is 0 Å². The number of hydrogen-bond donors (Lipinski definition) is 2. The summed E-state index contributed by atoms with van der Waals surface area (Å²) in [5.41, 5.74) is 7.55. The molecule has 4 aliphatic carbocycles. The van der Waals surface area contributed by atoms with Gasteiger partial charge in [-0.05, 0) is 50.4 Å². The van der Waals surface area contributed by atoms with E-state index < -0.39 is 0 Å². The van der Waals surface area contributed by atoms with Gasteiger partial charge in [-0.25, -0.2) is 10.9 Å². The fraction of sp³-hybridized carbons (Fsp3) is 0.619. The molecule has 4 atom stereocenters. The van der Waals surface area contributed by atoms with Crippen LogP contribution in [0.1, 0.15) is 57.8 Å². The lowest BCUT2D eigenvalue weighted by Crippen LogP contribution is -2.35. The van der Waals surface area contributed by atoms with Crippen LogP contribution in [-0.2, 0) is 9.59 Å². The molecule has 144 valence electrons. The number of hydrogen-bond acceptors (Lipinski definition) is 4. The zero-order valence-electron chi connectivity index (χ0n) is 15.7. The number of allylic oxidation sites excluding steroid dienone is 4. The Morgan fingerprint density at radius 3 is 1.74 bits per heavy atom. The first-order valence-corrected chi connectivity index (χ1v) is 10.2. The SMILES string of the molecule is O=C(CCCCCC(=O)N/N=C1/C[C@@H]2CC=C[C@H]12)N/N=C1/C[C@H]2CC=C[C@H]12. The second-order valence-electron chi connectivity index (χ2n) is 8.14. The lowest BCUT2D eigenvalue weighted by atomic mass is 9.74. The molecule has 0 spiro atoms. The highest BCUT2D eigenvalue weighted by atomic mass is 16.2. The van der Waals surface area contributed by atoms with Gasteiger partial charge in [-0.15, -0.1) is 0 Å². The molecule has 0 aromatic carbocycles. The van der Waals surface area contributed by atoms with E-state index in [-0.39, 0.29) is 11.8 Å². The minimum Gasteiger partial charge on any atom is -0.273 e. The Balaban J connectivity index is 1.04. The van der Waals surface area contributed by atoms with Gasteiger partial charge in [-0.2, -0.15) is 10.2 Å². The third-order valence-electron chi connectivity index (χ3n) is 6.25. The minimum atomic E-state index is -0.0343. The third-order valence-corrected chi connectivity index (χ3v) is 6.25. The summed E-state index contributed by atoms with van der Waals surface area (Å²) < 4.78 is 0. The molecule has 0 aliphatic heterocycles. The van der Waals surface area contributed by atoms with Crippen molar-refractivity contribution in [3.05, 3.63) is 24.3 Å². The summed E-state index contributed by atoms with van der Waals surface area (Å²) >= 11 is 0. The highest BCUT2D eigenvalue weighted by molar-refractivity contribution is 5.96. The summed E-state index contributed by atoms with van der Waals surface area (Å²) in [6, 6.07) is 0. The average Bonchev–Trinajstić information content (AvgIpc) is 3.18. The average molecular weight is 368 g/mol. The zero-order valence-corrected chi connectivity index (χ0v) is 15.7. The topological polar surface area (TPSA) is 82.9 Å². The van der Waals surface area contributed by atoms with Crippen molar-refractivity contribution in [2.45, 2.75) is 57.8 Å². The summed E-state index contributed by atoms with van der Waals surface area (Å²) in [6.45, 7) is 0. The van der Waals surface area contributed by atoms with E-state index in [0.29, 0.717) is 24.7 Å². The lowest BCUT2D eigenvalue weighted by molar-refractivity contribution is -0.121. The number of carbonyl (C=O) groups is 2. The maximum Gasteiger partial charge on any atom is 0.240 e. The monoisotopic (exact) mass is 368 g/mol. The van der Waals surface area contributed by atoms with Gasteiger partial charge in [0.25, 0.3) is 0 Å². The van der Waals surface area contributed by atoms with Crippen LogP contribution in [0.2, 0.25) is 0 Å². The quantitative estimate of drug-likeness (QED) is 0.392. The van der Waals surface area contributed by atoms with Crippen LogP contribution in [0.3, 0.4) is 0 Å². The van der Waals surface area contributed by atoms with Crippen LogP contribution in [0.15, 0.2) is 34.5 Å². The zero-order chi connectivity index (χ0) is 18.6. The van der Waals surface area contributed by atoms with E-state index in [1.54, 1.807) is 0 Å². The second kappa shape index (κ2) is 8.19. The Morgan fingerprint density at radius 2 is 1.30 bits per heavy atom. The van der Waals surface area contributed by atoms with Gasteiger partial charge in [0.1, 0.15) is 0 Å². The minimum absolute atomic E-state index is 0.0343. The van der Waals surface area contributed by atoms with Crippen molar-refractivity contribution < 1.29 is 9.59 Å². The van der Waals surface area contributed by atoms with Gasteiger partial charge < -0.3 is 0 Å². The molecule has 0 unspecified atom stereocenters. The van der Waals surface area contributed by atoms with Crippen molar-refractivity contribution >= 4 is 23.2 Å². The first kappa shape index (κ1) is 18.1. The Morgan fingerprint density at radius 1 is 0.815 bits per heavy atom. The number of fused-ring (bicyclic) bond motifs is 2. The molecule has 0 bridgehead atoms. The van der Waals surface area contributed by atoms with Crippen LogP contribution < -0.4 is 10.9 Å². The van der Waals surface area contributed by atoms with Gasteiger partial charge in [0.2, 0.25) is 11.8 Å². The normalized spacial score (nSPS) is 32.7. The molecule has 6 heteroatoms. The van der Waals surface area contributed by atoms with E-state index in [4.69, 9.17) is 0 Å². The summed E-state index contributed by atoms with van der Waals surface area (Å²) in [7, 11) is 0. The molecule has 0 saturated heterocycles. The lowest BCUT2D eigenvalue weighted by Gasteiger charge is -2.31. The number of nitrogens with one attached hydrogen (secondary N) is 2. The van der Waals surface area contributed by atoms with E-state index in [0.717, 1.165) is 68.2 Å². The van der Waals surface area contributed by atoms with E-state index in [2.05, 4.69) is 45.4 Å². The van der Waals surface area contributed by atoms with Crippen LogP contribution in [0, 0.1) is 23.7 Å². The molecular formula is C21H28N4O2. The molecule has 27 heavy (non-hydrogen) atoms. The van der Waals surface area contributed by atoms with Gasteiger partial charge in [0.05, 0.1) is 0 Å². The smallest absolute Gasteiger partial charge is 0.240 e. The highest BCUT2D eigenvalue weighted by Crippen LogP contribution is 2.40. The Labute approximate surface area is 160 Å². The maximum atomic E-state index is 11.8. The fourth-order valence-electron chi connectivity index (χ4n) is 4.45. The van der Waals surface area contributed by atoms with Crippen molar-refractivity contribution in [2.75, 3.05) is 0 Å². The molecule has 2 amide bonds. The summed E-state index contributed by atoms with van der Waals surface area (Å²) in [4.78, 5) is 23.7. The van der Waals surface area contributed by atoms with Gasteiger partial charge in [0, 0.05) is 36.1 Å². The van der Waals surface area contributed by atoms with E-state index in [9.17, 15) is 9.59 Å². The van der Waals surface area contributed by atoms with Gasteiger partial charge in [0.15, 0.2) is 0 Å². The maximum absolute atomic E-state index is 11.8. The number of rotatable bonds is 8. The van der Waals surface area contributed by atoms with Crippen molar-refractivity contribution in [3.8, 4) is 0 Å². The Bertz CT molecular complexity index is 662. The molecule has 4 aliphatic rings. The number of hydrazone groups is 2. The van der Waals surface area contributed by atoms with Gasteiger partial charge >= 0.3 is 0 Å². The fourth-order valence-corrected chi connectivity index (χ4v) is 4.45. The molecule has 2 N–H and O–H groups in total.